The first-order chi connectivity index (χ1) is 6.82. The van der Waals surface area contributed by atoms with Crippen LogP contribution in [0.2, 0.25) is 0 Å². The fraction of sp³-hybridized carbons (Fsp3) is 0.182. The van der Waals surface area contributed by atoms with E-state index in [2.05, 4.69) is 6.58 Å². The zero-order chi connectivity index (χ0) is 11.6. The predicted molar refractivity (Wildman–Crippen MR) is 58.7 cm³/mol. The zero-order valence-electron chi connectivity index (χ0n) is 8.65. The van der Waals surface area contributed by atoms with Gasteiger partial charge in [0.1, 0.15) is 0 Å². The minimum atomic E-state index is -3.27. The highest BCUT2D eigenvalue weighted by Crippen LogP contribution is 2.13. The van der Waals surface area contributed by atoms with Gasteiger partial charge >= 0.3 is 0 Å². The van der Waals surface area contributed by atoms with Crippen molar-refractivity contribution in [1.29, 1.82) is 0 Å². The van der Waals surface area contributed by atoms with E-state index in [-0.39, 0.29) is 10.7 Å². The molecule has 0 bridgehead atoms. The van der Waals surface area contributed by atoms with Crippen molar-refractivity contribution >= 4 is 15.6 Å². The van der Waals surface area contributed by atoms with Crippen LogP contribution in [0.3, 0.4) is 0 Å². The predicted octanol–water partition coefficient (Wildman–Crippen LogP) is 1.85. The molecule has 3 nitrogen and oxygen atoms in total. The maximum atomic E-state index is 11.5. The van der Waals surface area contributed by atoms with E-state index in [1.807, 2.05) is 0 Å². The largest absolute Gasteiger partial charge is 0.289 e. The lowest BCUT2D eigenvalue weighted by molar-refractivity contribution is 0.103. The monoisotopic (exact) mass is 224 g/mol. The zero-order valence-corrected chi connectivity index (χ0v) is 9.47. The Balaban J connectivity index is 3.26. The molecule has 0 saturated heterocycles. The van der Waals surface area contributed by atoms with Crippen LogP contribution >= 0.6 is 0 Å². The van der Waals surface area contributed by atoms with Gasteiger partial charge in [-0.1, -0.05) is 18.7 Å². The van der Waals surface area contributed by atoms with Gasteiger partial charge in [0.05, 0.1) is 4.90 Å². The molecular formula is C11H12O3S. The molecule has 0 aliphatic rings. The fourth-order valence-electron chi connectivity index (χ4n) is 1.11. The third-order valence-electron chi connectivity index (χ3n) is 1.91. The molecule has 1 rings (SSSR count). The van der Waals surface area contributed by atoms with E-state index in [9.17, 15) is 13.2 Å². The lowest BCUT2D eigenvalue weighted by Crippen LogP contribution is -2.03. The van der Waals surface area contributed by atoms with Crippen LogP contribution in [-0.4, -0.2) is 20.5 Å². The molecule has 15 heavy (non-hydrogen) atoms. The van der Waals surface area contributed by atoms with Gasteiger partial charge in [-0.2, -0.15) is 0 Å². The van der Waals surface area contributed by atoms with Gasteiger partial charge in [0.2, 0.25) is 0 Å². The van der Waals surface area contributed by atoms with Crippen LogP contribution < -0.4 is 0 Å². The SMILES string of the molecule is C=C(C)C(=O)c1cccc(S(C)(=O)=O)c1. The highest BCUT2D eigenvalue weighted by atomic mass is 32.2. The molecule has 4 heteroatoms. The first kappa shape index (κ1) is 11.7. The molecule has 0 amide bonds. The number of carbonyl (C=O) groups is 1. The van der Waals surface area contributed by atoms with Crippen molar-refractivity contribution in [3.8, 4) is 0 Å². The third kappa shape index (κ3) is 2.76. The number of carbonyl (C=O) groups excluding carboxylic acids is 1. The van der Waals surface area contributed by atoms with Crippen LogP contribution in [0.1, 0.15) is 17.3 Å². The molecule has 0 aliphatic heterocycles. The second kappa shape index (κ2) is 3.98. The van der Waals surface area contributed by atoms with Crippen LogP contribution in [0.5, 0.6) is 0 Å². The molecule has 0 N–H and O–H groups in total. The smallest absolute Gasteiger partial charge is 0.188 e. The standard InChI is InChI=1S/C11H12O3S/c1-8(2)11(12)9-5-4-6-10(7-9)15(3,13)14/h4-7H,1H2,2-3H3. The van der Waals surface area contributed by atoms with Crippen LogP contribution in [0, 0.1) is 0 Å². The summed E-state index contributed by atoms with van der Waals surface area (Å²) in [6.07, 6.45) is 1.11. The van der Waals surface area contributed by atoms with E-state index < -0.39 is 9.84 Å². The molecule has 80 valence electrons. The minimum Gasteiger partial charge on any atom is -0.289 e. The Morgan fingerprint density at radius 1 is 1.33 bits per heavy atom. The van der Waals surface area contributed by atoms with Crippen molar-refractivity contribution in [3.63, 3.8) is 0 Å². The first-order valence-electron chi connectivity index (χ1n) is 4.32. The van der Waals surface area contributed by atoms with Gasteiger partial charge in [-0.05, 0) is 24.6 Å². The molecule has 1 aromatic rings. The Hall–Kier alpha value is -1.42. The lowest BCUT2D eigenvalue weighted by Gasteiger charge is -2.02. The maximum Gasteiger partial charge on any atom is 0.188 e. The second-order valence-electron chi connectivity index (χ2n) is 3.41. The number of benzene rings is 1. The molecule has 0 radical (unpaired) electrons. The summed E-state index contributed by atoms with van der Waals surface area (Å²) in [6, 6.07) is 5.95. The summed E-state index contributed by atoms with van der Waals surface area (Å²) in [6.45, 7) is 5.12. The number of hydrogen-bond acceptors (Lipinski definition) is 3. The summed E-state index contributed by atoms with van der Waals surface area (Å²) < 4.78 is 22.5. The van der Waals surface area contributed by atoms with Gasteiger partial charge in [0.15, 0.2) is 15.6 Å². The first-order valence-corrected chi connectivity index (χ1v) is 6.22. The number of allylic oxidation sites excluding steroid dienone is 1. The molecule has 0 atom stereocenters. The molecule has 1 aromatic carbocycles. The molecule has 0 heterocycles. The van der Waals surface area contributed by atoms with Crippen molar-refractivity contribution < 1.29 is 13.2 Å². The molecule has 0 fully saturated rings. The van der Waals surface area contributed by atoms with E-state index in [1.165, 1.54) is 12.1 Å². The van der Waals surface area contributed by atoms with Crippen molar-refractivity contribution in [2.45, 2.75) is 11.8 Å². The maximum absolute atomic E-state index is 11.5. The molecular weight excluding hydrogens is 212 g/mol. The molecule has 0 aromatic heterocycles. The lowest BCUT2D eigenvalue weighted by atomic mass is 10.1. The number of Topliss-reactive ketones (excluding diaryl/α,β-unsaturated/α-hetero) is 1. The number of rotatable bonds is 3. The second-order valence-corrected chi connectivity index (χ2v) is 5.43. The number of ketones is 1. The Bertz CT molecular complexity index is 512. The summed E-state index contributed by atoms with van der Waals surface area (Å²) in [5.74, 6) is -0.236. The van der Waals surface area contributed by atoms with Gasteiger partial charge in [-0.3, -0.25) is 4.79 Å². The van der Waals surface area contributed by atoms with Crippen LogP contribution in [-0.2, 0) is 9.84 Å². The summed E-state index contributed by atoms with van der Waals surface area (Å²) in [7, 11) is -3.27. The normalized spacial score (nSPS) is 11.1. The van der Waals surface area contributed by atoms with E-state index in [4.69, 9.17) is 0 Å². The topological polar surface area (TPSA) is 51.2 Å². The highest BCUT2D eigenvalue weighted by molar-refractivity contribution is 7.90. The Morgan fingerprint density at radius 2 is 1.93 bits per heavy atom. The van der Waals surface area contributed by atoms with Gasteiger partial charge < -0.3 is 0 Å². The summed E-state index contributed by atoms with van der Waals surface area (Å²) in [5, 5.41) is 0. The number of sulfone groups is 1. The van der Waals surface area contributed by atoms with E-state index in [1.54, 1.807) is 19.1 Å². The van der Waals surface area contributed by atoms with Crippen molar-refractivity contribution in [1.82, 2.24) is 0 Å². The molecule has 0 unspecified atom stereocenters. The van der Waals surface area contributed by atoms with E-state index in [0.29, 0.717) is 11.1 Å². The van der Waals surface area contributed by atoms with Crippen molar-refractivity contribution in [3.05, 3.63) is 42.0 Å². The summed E-state index contributed by atoms with van der Waals surface area (Å²) >= 11 is 0. The molecule has 0 saturated carbocycles. The molecule has 0 spiro atoms. The van der Waals surface area contributed by atoms with Gasteiger partial charge in [0.25, 0.3) is 0 Å². The summed E-state index contributed by atoms with van der Waals surface area (Å²) in [4.78, 5) is 11.7. The van der Waals surface area contributed by atoms with Gasteiger partial charge in [-0.15, -0.1) is 0 Å². The van der Waals surface area contributed by atoms with E-state index in [0.717, 1.165) is 6.26 Å². The fourth-order valence-corrected chi connectivity index (χ4v) is 1.78. The number of hydrogen-bond donors (Lipinski definition) is 0. The van der Waals surface area contributed by atoms with Gasteiger partial charge in [0, 0.05) is 11.8 Å². The Morgan fingerprint density at radius 3 is 2.40 bits per heavy atom. The van der Waals surface area contributed by atoms with Crippen LogP contribution in [0.15, 0.2) is 41.3 Å². The van der Waals surface area contributed by atoms with Crippen LogP contribution in [0.25, 0.3) is 0 Å². The van der Waals surface area contributed by atoms with Crippen molar-refractivity contribution in [2.75, 3.05) is 6.26 Å². The van der Waals surface area contributed by atoms with Crippen molar-refractivity contribution in [2.24, 2.45) is 0 Å². The Labute approximate surface area is 89.4 Å². The highest BCUT2D eigenvalue weighted by Gasteiger charge is 2.11. The summed E-state index contributed by atoms with van der Waals surface area (Å²) in [5.41, 5.74) is 0.742. The minimum absolute atomic E-state index is 0.148. The van der Waals surface area contributed by atoms with Gasteiger partial charge in [-0.25, -0.2) is 8.42 Å². The Kier molecular flexibility index (Phi) is 3.09. The average molecular weight is 224 g/mol. The average Bonchev–Trinajstić information content (AvgIpc) is 2.15. The quantitative estimate of drug-likeness (QED) is 0.581. The van der Waals surface area contributed by atoms with Crippen LogP contribution in [0.4, 0.5) is 0 Å². The third-order valence-corrected chi connectivity index (χ3v) is 3.02. The van der Waals surface area contributed by atoms with E-state index >= 15 is 0 Å². The molecule has 0 aliphatic carbocycles.